The molecule has 0 aliphatic rings. The largest absolute Gasteiger partial charge is 0.478 e. The van der Waals surface area contributed by atoms with Crippen LogP contribution in [0.2, 0.25) is 0 Å². The van der Waals surface area contributed by atoms with Crippen molar-refractivity contribution in [1.82, 2.24) is 0 Å². The average molecular weight is 212 g/mol. The molecule has 0 saturated heterocycles. The van der Waals surface area contributed by atoms with Crippen LogP contribution in [0.5, 0.6) is 0 Å². The molecule has 0 aromatic rings. The molecule has 0 fully saturated rings. The standard InChI is InChI=1S/C11H16O4/c1-3-4-5-6-7-15-10(12)8-9(2)11(13)14/h6-7H,2-5,8H2,1H3,(H,13,14). The third-order valence-electron chi connectivity index (χ3n) is 1.68. The van der Waals surface area contributed by atoms with Crippen molar-refractivity contribution in [2.45, 2.75) is 32.6 Å². The first-order chi connectivity index (χ1) is 7.07. The summed E-state index contributed by atoms with van der Waals surface area (Å²) in [7, 11) is 0. The first-order valence-electron chi connectivity index (χ1n) is 4.83. The third kappa shape index (κ3) is 7.49. The molecule has 0 saturated carbocycles. The van der Waals surface area contributed by atoms with Gasteiger partial charge in [0.2, 0.25) is 0 Å². The molecule has 0 aromatic carbocycles. The Labute approximate surface area is 89.2 Å². The van der Waals surface area contributed by atoms with E-state index in [-0.39, 0.29) is 12.0 Å². The molecule has 15 heavy (non-hydrogen) atoms. The number of ether oxygens (including phenoxy) is 1. The van der Waals surface area contributed by atoms with Crippen LogP contribution in [-0.2, 0) is 14.3 Å². The van der Waals surface area contributed by atoms with Crippen LogP contribution < -0.4 is 0 Å². The molecular formula is C11H16O4. The molecule has 0 aromatic heterocycles. The Balaban J connectivity index is 3.70. The maximum atomic E-state index is 11.0. The van der Waals surface area contributed by atoms with Gasteiger partial charge in [0.1, 0.15) is 0 Å². The minimum absolute atomic E-state index is 0.165. The number of rotatable bonds is 7. The molecule has 84 valence electrons. The fraction of sp³-hybridized carbons (Fsp3) is 0.455. The molecular weight excluding hydrogens is 196 g/mol. The van der Waals surface area contributed by atoms with Crippen LogP contribution in [-0.4, -0.2) is 17.0 Å². The predicted octanol–water partition coefficient (Wildman–Crippen LogP) is 2.26. The van der Waals surface area contributed by atoms with Crippen molar-refractivity contribution < 1.29 is 19.4 Å². The van der Waals surface area contributed by atoms with Gasteiger partial charge in [-0.3, -0.25) is 4.79 Å². The summed E-state index contributed by atoms with van der Waals surface area (Å²) in [5.41, 5.74) is -0.165. The number of allylic oxidation sites excluding steroid dienone is 1. The highest BCUT2D eigenvalue weighted by atomic mass is 16.5. The van der Waals surface area contributed by atoms with Crippen LogP contribution in [0.1, 0.15) is 32.6 Å². The second kappa shape index (κ2) is 7.79. The van der Waals surface area contributed by atoms with E-state index in [9.17, 15) is 9.59 Å². The molecule has 0 amide bonds. The zero-order valence-electron chi connectivity index (χ0n) is 8.86. The number of unbranched alkanes of at least 4 members (excludes halogenated alkanes) is 2. The molecule has 0 aliphatic carbocycles. The highest BCUT2D eigenvalue weighted by molar-refractivity contribution is 5.91. The fourth-order valence-electron chi connectivity index (χ4n) is 0.806. The minimum atomic E-state index is -1.18. The minimum Gasteiger partial charge on any atom is -0.478 e. The normalized spacial score (nSPS) is 10.2. The van der Waals surface area contributed by atoms with Crippen LogP contribution in [0.4, 0.5) is 0 Å². The zero-order chi connectivity index (χ0) is 11.7. The van der Waals surface area contributed by atoms with Gasteiger partial charge in [0.15, 0.2) is 0 Å². The van der Waals surface area contributed by atoms with Crippen molar-refractivity contribution in [3.8, 4) is 0 Å². The number of carbonyl (C=O) groups excluding carboxylic acids is 1. The zero-order valence-corrected chi connectivity index (χ0v) is 8.86. The molecule has 0 atom stereocenters. The summed E-state index contributed by atoms with van der Waals surface area (Å²) in [5, 5.41) is 8.45. The van der Waals surface area contributed by atoms with E-state index < -0.39 is 11.9 Å². The van der Waals surface area contributed by atoms with Gasteiger partial charge in [-0.1, -0.05) is 19.9 Å². The Hall–Kier alpha value is -1.58. The van der Waals surface area contributed by atoms with E-state index in [0.29, 0.717) is 0 Å². The number of carbonyl (C=O) groups is 2. The van der Waals surface area contributed by atoms with Gasteiger partial charge in [-0.15, -0.1) is 0 Å². The first kappa shape index (κ1) is 13.4. The van der Waals surface area contributed by atoms with E-state index in [1.807, 2.05) is 0 Å². The van der Waals surface area contributed by atoms with Gasteiger partial charge in [0.25, 0.3) is 0 Å². The topological polar surface area (TPSA) is 63.6 Å². The average Bonchev–Trinajstić information content (AvgIpc) is 2.17. The summed E-state index contributed by atoms with van der Waals surface area (Å²) in [5.74, 6) is -1.78. The van der Waals surface area contributed by atoms with Crippen LogP contribution in [0, 0.1) is 0 Å². The summed E-state index contributed by atoms with van der Waals surface area (Å²) in [6.07, 6.45) is 5.72. The maximum Gasteiger partial charge on any atom is 0.331 e. The molecule has 0 radical (unpaired) electrons. The van der Waals surface area contributed by atoms with Gasteiger partial charge in [-0.25, -0.2) is 4.79 Å². The lowest BCUT2D eigenvalue weighted by molar-refractivity contribution is -0.140. The van der Waals surface area contributed by atoms with E-state index in [0.717, 1.165) is 19.3 Å². The molecule has 0 unspecified atom stereocenters. The molecule has 4 nitrogen and oxygen atoms in total. The lowest BCUT2D eigenvalue weighted by Crippen LogP contribution is -2.07. The number of hydrogen-bond acceptors (Lipinski definition) is 3. The molecule has 0 spiro atoms. The van der Waals surface area contributed by atoms with E-state index >= 15 is 0 Å². The quantitative estimate of drug-likeness (QED) is 0.304. The lowest BCUT2D eigenvalue weighted by Gasteiger charge is -1.98. The van der Waals surface area contributed by atoms with E-state index in [4.69, 9.17) is 5.11 Å². The van der Waals surface area contributed by atoms with Gasteiger partial charge < -0.3 is 9.84 Å². The second-order valence-electron chi connectivity index (χ2n) is 3.09. The number of carboxylic acid groups (broad SMARTS) is 1. The Morgan fingerprint density at radius 1 is 1.47 bits per heavy atom. The summed E-state index contributed by atoms with van der Waals surface area (Å²) in [4.78, 5) is 21.3. The maximum absolute atomic E-state index is 11.0. The monoisotopic (exact) mass is 212 g/mol. The van der Waals surface area contributed by atoms with Crippen molar-refractivity contribution in [3.63, 3.8) is 0 Å². The van der Waals surface area contributed by atoms with Crippen molar-refractivity contribution in [2.24, 2.45) is 0 Å². The number of carboxylic acids is 1. The van der Waals surface area contributed by atoms with Crippen molar-refractivity contribution in [3.05, 3.63) is 24.5 Å². The first-order valence-corrected chi connectivity index (χ1v) is 4.83. The Morgan fingerprint density at radius 3 is 2.67 bits per heavy atom. The number of esters is 1. The van der Waals surface area contributed by atoms with Gasteiger partial charge in [-0.2, -0.15) is 0 Å². The SMILES string of the molecule is C=C(CC(=O)OC=CCCCC)C(=O)O. The molecule has 0 aliphatic heterocycles. The summed E-state index contributed by atoms with van der Waals surface area (Å²) in [6, 6.07) is 0. The second-order valence-corrected chi connectivity index (χ2v) is 3.09. The Bertz CT molecular complexity index is 266. The third-order valence-corrected chi connectivity index (χ3v) is 1.68. The fourth-order valence-corrected chi connectivity index (χ4v) is 0.806. The Morgan fingerprint density at radius 2 is 2.13 bits per heavy atom. The number of aliphatic carboxylic acids is 1. The van der Waals surface area contributed by atoms with E-state index in [1.165, 1.54) is 6.26 Å². The van der Waals surface area contributed by atoms with Gasteiger partial charge in [-0.05, 0) is 18.9 Å². The summed E-state index contributed by atoms with van der Waals surface area (Å²) in [6.45, 7) is 5.29. The molecule has 4 heteroatoms. The van der Waals surface area contributed by atoms with Crippen molar-refractivity contribution >= 4 is 11.9 Å². The summed E-state index contributed by atoms with van der Waals surface area (Å²) >= 11 is 0. The van der Waals surface area contributed by atoms with Gasteiger partial charge >= 0.3 is 11.9 Å². The highest BCUT2D eigenvalue weighted by Crippen LogP contribution is 2.01. The van der Waals surface area contributed by atoms with Crippen molar-refractivity contribution in [1.29, 1.82) is 0 Å². The summed E-state index contributed by atoms with van der Waals surface area (Å²) < 4.78 is 4.67. The van der Waals surface area contributed by atoms with Gasteiger partial charge in [0.05, 0.1) is 12.7 Å². The van der Waals surface area contributed by atoms with Crippen LogP contribution >= 0.6 is 0 Å². The van der Waals surface area contributed by atoms with Crippen LogP contribution in [0.15, 0.2) is 24.5 Å². The Kier molecular flexibility index (Phi) is 6.97. The number of hydrogen-bond donors (Lipinski definition) is 1. The molecule has 0 heterocycles. The molecule has 0 rings (SSSR count). The lowest BCUT2D eigenvalue weighted by atomic mass is 10.2. The van der Waals surface area contributed by atoms with Crippen molar-refractivity contribution in [2.75, 3.05) is 0 Å². The predicted molar refractivity (Wildman–Crippen MR) is 56.1 cm³/mol. The van der Waals surface area contributed by atoms with Gasteiger partial charge in [0, 0.05) is 5.57 Å². The van der Waals surface area contributed by atoms with Crippen LogP contribution in [0.25, 0.3) is 0 Å². The van der Waals surface area contributed by atoms with Crippen LogP contribution in [0.3, 0.4) is 0 Å². The smallest absolute Gasteiger partial charge is 0.331 e. The van der Waals surface area contributed by atoms with E-state index in [1.54, 1.807) is 6.08 Å². The molecule has 0 bridgehead atoms. The van der Waals surface area contributed by atoms with E-state index in [2.05, 4.69) is 18.2 Å². The molecule has 1 N–H and O–H groups in total. The highest BCUT2D eigenvalue weighted by Gasteiger charge is 2.09.